The van der Waals surface area contributed by atoms with Gasteiger partial charge in [-0.05, 0) is 53.4 Å². The van der Waals surface area contributed by atoms with E-state index in [0.29, 0.717) is 17.7 Å². The maximum absolute atomic E-state index is 13.3. The van der Waals surface area contributed by atoms with Crippen molar-refractivity contribution in [3.8, 4) is 6.07 Å². The third-order valence-corrected chi connectivity index (χ3v) is 3.26. The lowest BCUT2D eigenvalue weighted by Crippen LogP contribution is -2.01. The standard InChI is InChI=1S/C16H10F2N2/c17-14-4-2-12(9-19)13(7-14)10-20-6-5-11-1-3-15(18)8-16(11)20/h1-8H,10H2. The number of hydrogen-bond donors (Lipinski definition) is 0. The highest BCUT2D eigenvalue weighted by molar-refractivity contribution is 5.80. The summed E-state index contributed by atoms with van der Waals surface area (Å²) in [5.74, 6) is -0.709. The van der Waals surface area contributed by atoms with Crippen LogP contribution in [0.15, 0.2) is 48.7 Å². The average molecular weight is 268 g/mol. The zero-order valence-electron chi connectivity index (χ0n) is 10.5. The smallest absolute Gasteiger partial charge is 0.125 e. The summed E-state index contributed by atoms with van der Waals surface area (Å²) in [6.45, 7) is 0.327. The van der Waals surface area contributed by atoms with Crippen LogP contribution in [-0.2, 0) is 6.54 Å². The Labute approximate surface area is 114 Å². The molecular formula is C16H10F2N2. The van der Waals surface area contributed by atoms with Gasteiger partial charge in [0.2, 0.25) is 0 Å². The Morgan fingerprint density at radius 1 is 1.00 bits per heavy atom. The molecule has 1 aromatic heterocycles. The van der Waals surface area contributed by atoms with E-state index in [1.807, 2.05) is 12.1 Å². The van der Waals surface area contributed by atoms with Gasteiger partial charge in [0.15, 0.2) is 0 Å². The molecule has 0 saturated carbocycles. The van der Waals surface area contributed by atoms with E-state index < -0.39 is 0 Å². The predicted octanol–water partition coefficient (Wildman–Crippen LogP) is 3.84. The number of nitrogens with zero attached hydrogens (tertiary/aromatic N) is 2. The van der Waals surface area contributed by atoms with E-state index >= 15 is 0 Å². The second kappa shape index (κ2) is 4.78. The van der Waals surface area contributed by atoms with Crippen LogP contribution in [0.25, 0.3) is 10.9 Å². The first-order valence-electron chi connectivity index (χ1n) is 6.10. The van der Waals surface area contributed by atoms with Gasteiger partial charge in [0.1, 0.15) is 11.6 Å². The van der Waals surface area contributed by atoms with Gasteiger partial charge in [-0.3, -0.25) is 0 Å². The Bertz CT molecular complexity index is 828. The van der Waals surface area contributed by atoms with Crippen LogP contribution in [0, 0.1) is 23.0 Å². The van der Waals surface area contributed by atoms with Crippen molar-refractivity contribution in [2.45, 2.75) is 6.54 Å². The van der Waals surface area contributed by atoms with Crippen LogP contribution >= 0.6 is 0 Å². The summed E-state index contributed by atoms with van der Waals surface area (Å²) in [6, 6.07) is 12.5. The number of nitriles is 1. The summed E-state index contributed by atoms with van der Waals surface area (Å²) in [7, 11) is 0. The first-order valence-corrected chi connectivity index (χ1v) is 6.10. The fraction of sp³-hybridized carbons (Fsp3) is 0.0625. The summed E-state index contributed by atoms with van der Waals surface area (Å²) in [5.41, 5.74) is 1.72. The van der Waals surface area contributed by atoms with Gasteiger partial charge in [0, 0.05) is 12.7 Å². The van der Waals surface area contributed by atoms with Crippen molar-refractivity contribution in [3.05, 3.63) is 71.4 Å². The van der Waals surface area contributed by atoms with Crippen LogP contribution in [0.2, 0.25) is 0 Å². The molecule has 0 aliphatic heterocycles. The molecule has 0 fully saturated rings. The maximum Gasteiger partial charge on any atom is 0.125 e. The number of rotatable bonds is 2. The lowest BCUT2D eigenvalue weighted by molar-refractivity contribution is 0.622. The van der Waals surface area contributed by atoms with Gasteiger partial charge in [-0.15, -0.1) is 0 Å². The van der Waals surface area contributed by atoms with Gasteiger partial charge in [-0.1, -0.05) is 0 Å². The molecule has 20 heavy (non-hydrogen) atoms. The van der Waals surface area contributed by atoms with Crippen LogP contribution in [-0.4, -0.2) is 4.57 Å². The Hall–Kier alpha value is -2.67. The number of halogens is 2. The monoisotopic (exact) mass is 268 g/mol. The molecule has 2 nitrogen and oxygen atoms in total. The Balaban J connectivity index is 2.08. The average Bonchev–Trinajstić information content (AvgIpc) is 2.82. The van der Waals surface area contributed by atoms with Gasteiger partial charge in [0.05, 0.1) is 17.1 Å². The highest BCUT2D eigenvalue weighted by Crippen LogP contribution is 2.20. The van der Waals surface area contributed by atoms with Gasteiger partial charge < -0.3 is 4.57 Å². The van der Waals surface area contributed by atoms with E-state index in [2.05, 4.69) is 0 Å². The first kappa shape index (κ1) is 12.4. The summed E-state index contributed by atoms with van der Waals surface area (Å²) < 4.78 is 28.4. The summed E-state index contributed by atoms with van der Waals surface area (Å²) in [5, 5.41) is 9.96. The molecule has 0 bridgehead atoms. The third-order valence-electron chi connectivity index (χ3n) is 3.26. The van der Waals surface area contributed by atoms with Crippen molar-refractivity contribution >= 4 is 10.9 Å². The summed E-state index contributed by atoms with van der Waals surface area (Å²) >= 11 is 0. The van der Waals surface area contributed by atoms with Crippen molar-refractivity contribution in [2.24, 2.45) is 0 Å². The predicted molar refractivity (Wildman–Crippen MR) is 72.1 cm³/mol. The minimum absolute atomic E-state index is 0.322. The molecular weight excluding hydrogens is 258 g/mol. The molecule has 98 valence electrons. The Morgan fingerprint density at radius 2 is 1.75 bits per heavy atom. The highest BCUT2D eigenvalue weighted by Gasteiger charge is 2.07. The quantitative estimate of drug-likeness (QED) is 0.694. The molecule has 3 rings (SSSR count). The van der Waals surface area contributed by atoms with Crippen LogP contribution in [0.5, 0.6) is 0 Å². The maximum atomic E-state index is 13.3. The van der Waals surface area contributed by atoms with Crippen molar-refractivity contribution in [3.63, 3.8) is 0 Å². The number of aromatic nitrogens is 1. The molecule has 0 aliphatic carbocycles. The topological polar surface area (TPSA) is 28.7 Å². The molecule has 0 atom stereocenters. The van der Waals surface area contributed by atoms with E-state index in [-0.39, 0.29) is 11.6 Å². The second-order valence-electron chi connectivity index (χ2n) is 4.56. The molecule has 4 heteroatoms. The van der Waals surface area contributed by atoms with E-state index in [9.17, 15) is 8.78 Å². The van der Waals surface area contributed by atoms with Crippen molar-refractivity contribution < 1.29 is 8.78 Å². The van der Waals surface area contributed by atoms with Gasteiger partial charge in [0.25, 0.3) is 0 Å². The molecule has 2 aromatic carbocycles. The SMILES string of the molecule is N#Cc1ccc(F)cc1Cn1ccc2ccc(F)cc21. The Morgan fingerprint density at radius 3 is 2.55 bits per heavy atom. The van der Waals surface area contributed by atoms with E-state index in [1.54, 1.807) is 16.8 Å². The zero-order valence-corrected chi connectivity index (χ0v) is 10.5. The number of benzene rings is 2. The van der Waals surface area contributed by atoms with Crippen LogP contribution in [0.1, 0.15) is 11.1 Å². The second-order valence-corrected chi connectivity index (χ2v) is 4.56. The van der Waals surface area contributed by atoms with E-state index in [4.69, 9.17) is 5.26 Å². The molecule has 0 radical (unpaired) electrons. The highest BCUT2D eigenvalue weighted by atomic mass is 19.1. The van der Waals surface area contributed by atoms with Gasteiger partial charge in [-0.2, -0.15) is 5.26 Å². The fourth-order valence-electron chi connectivity index (χ4n) is 2.28. The summed E-state index contributed by atoms with van der Waals surface area (Å²) in [4.78, 5) is 0. The first-order chi connectivity index (χ1) is 9.67. The number of hydrogen-bond acceptors (Lipinski definition) is 1. The molecule has 0 amide bonds. The minimum atomic E-state index is -0.387. The largest absolute Gasteiger partial charge is 0.343 e. The summed E-state index contributed by atoms with van der Waals surface area (Å²) in [6.07, 6.45) is 1.80. The Kier molecular flexibility index (Phi) is 2.96. The molecule has 0 unspecified atom stereocenters. The van der Waals surface area contributed by atoms with Crippen molar-refractivity contribution in [2.75, 3.05) is 0 Å². The minimum Gasteiger partial charge on any atom is -0.343 e. The molecule has 0 saturated heterocycles. The molecule has 0 spiro atoms. The van der Waals surface area contributed by atoms with Gasteiger partial charge in [-0.25, -0.2) is 8.78 Å². The van der Waals surface area contributed by atoms with E-state index in [1.165, 1.54) is 30.3 Å². The fourth-order valence-corrected chi connectivity index (χ4v) is 2.28. The molecule has 0 aliphatic rings. The molecule has 3 aromatic rings. The van der Waals surface area contributed by atoms with Gasteiger partial charge >= 0.3 is 0 Å². The van der Waals surface area contributed by atoms with Crippen LogP contribution < -0.4 is 0 Å². The lowest BCUT2D eigenvalue weighted by atomic mass is 10.1. The molecule has 0 N–H and O–H groups in total. The van der Waals surface area contributed by atoms with E-state index in [0.717, 1.165) is 10.9 Å². The third kappa shape index (κ3) is 2.14. The zero-order chi connectivity index (χ0) is 14.1. The molecule has 1 heterocycles. The van der Waals surface area contributed by atoms with Crippen LogP contribution in [0.4, 0.5) is 8.78 Å². The number of fused-ring (bicyclic) bond motifs is 1. The van der Waals surface area contributed by atoms with Crippen molar-refractivity contribution in [1.29, 1.82) is 5.26 Å². The lowest BCUT2D eigenvalue weighted by Gasteiger charge is -2.08. The normalized spacial score (nSPS) is 10.7. The van der Waals surface area contributed by atoms with Crippen molar-refractivity contribution in [1.82, 2.24) is 4.57 Å². The van der Waals surface area contributed by atoms with Crippen LogP contribution in [0.3, 0.4) is 0 Å².